The van der Waals surface area contributed by atoms with Crippen LogP contribution in [0, 0.1) is 11.3 Å². The van der Waals surface area contributed by atoms with E-state index < -0.39 is 24.6 Å². The summed E-state index contributed by atoms with van der Waals surface area (Å²) >= 11 is 5.84. The van der Waals surface area contributed by atoms with E-state index in [1.165, 1.54) is 19.1 Å². The lowest BCUT2D eigenvalue weighted by molar-refractivity contribution is -0.153. The number of esters is 1. The van der Waals surface area contributed by atoms with Crippen LogP contribution in [0.1, 0.15) is 12.5 Å². The van der Waals surface area contributed by atoms with E-state index in [2.05, 4.69) is 5.32 Å². The molecule has 0 saturated heterocycles. The summed E-state index contributed by atoms with van der Waals surface area (Å²) in [6.45, 7) is 1.02. The van der Waals surface area contributed by atoms with E-state index >= 15 is 0 Å². The molecule has 2 rings (SSSR count). The Balaban J connectivity index is 1.86. The number of halogens is 1. The Kier molecular flexibility index (Phi) is 6.38. The van der Waals surface area contributed by atoms with Crippen LogP contribution in [-0.4, -0.2) is 24.6 Å². The maximum atomic E-state index is 11.9. The monoisotopic (exact) mass is 358 g/mol. The van der Waals surface area contributed by atoms with E-state index in [-0.39, 0.29) is 11.3 Å². The third-order valence-electron chi connectivity index (χ3n) is 3.11. The molecule has 0 aromatic heterocycles. The fourth-order valence-electron chi connectivity index (χ4n) is 1.91. The van der Waals surface area contributed by atoms with Crippen molar-refractivity contribution < 1.29 is 19.1 Å². The third kappa shape index (κ3) is 5.52. The minimum absolute atomic E-state index is 0.254. The van der Waals surface area contributed by atoms with Crippen molar-refractivity contribution in [1.29, 1.82) is 5.26 Å². The lowest BCUT2D eigenvalue weighted by Gasteiger charge is -2.14. The molecule has 6 nitrogen and oxygen atoms in total. The van der Waals surface area contributed by atoms with Crippen molar-refractivity contribution in [2.75, 3.05) is 11.9 Å². The number of carbonyl (C=O) groups is 2. The van der Waals surface area contributed by atoms with E-state index in [9.17, 15) is 9.59 Å². The van der Waals surface area contributed by atoms with Gasteiger partial charge in [-0.3, -0.25) is 4.79 Å². The molecule has 0 unspecified atom stereocenters. The number of anilines is 1. The molecule has 1 N–H and O–H groups in total. The van der Waals surface area contributed by atoms with Crippen LogP contribution in [0.3, 0.4) is 0 Å². The molecular formula is C18H15ClN2O4. The second-order valence-corrected chi connectivity index (χ2v) is 5.47. The minimum Gasteiger partial charge on any atom is -0.479 e. The molecule has 7 heteroatoms. The van der Waals surface area contributed by atoms with Crippen molar-refractivity contribution >= 4 is 29.2 Å². The molecule has 0 heterocycles. The van der Waals surface area contributed by atoms with E-state index in [1.54, 1.807) is 30.3 Å². The average molecular weight is 359 g/mol. The first-order valence-corrected chi connectivity index (χ1v) is 7.75. The highest BCUT2D eigenvalue weighted by molar-refractivity contribution is 6.31. The van der Waals surface area contributed by atoms with Gasteiger partial charge in [0, 0.05) is 5.02 Å². The molecule has 0 aliphatic carbocycles. The van der Waals surface area contributed by atoms with Gasteiger partial charge in [0.1, 0.15) is 11.8 Å². The van der Waals surface area contributed by atoms with Gasteiger partial charge in [-0.1, -0.05) is 29.8 Å². The standard InChI is InChI=1S/C18H15ClN2O4/c1-12(25-15-5-3-2-4-6-15)18(23)24-11-17(22)21-16-9-14(19)8-7-13(16)10-20/h2-9,12H,11H2,1H3,(H,21,22)/t12-/m1/s1. The van der Waals surface area contributed by atoms with Crippen molar-refractivity contribution in [3.63, 3.8) is 0 Å². The van der Waals surface area contributed by atoms with Gasteiger partial charge in [-0.15, -0.1) is 0 Å². The number of hydrogen-bond donors (Lipinski definition) is 1. The molecular weight excluding hydrogens is 344 g/mol. The predicted molar refractivity (Wildman–Crippen MR) is 92.3 cm³/mol. The Hall–Kier alpha value is -3.04. The molecule has 128 valence electrons. The largest absolute Gasteiger partial charge is 0.479 e. The zero-order valence-corrected chi connectivity index (χ0v) is 14.1. The Bertz CT molecular complexity index is 802. The van der Waals surface area contributed by atoms with E-state index in [0.717, 1.165) is 0 Å². The number of carbonyl (C=O) groups excluding carboxylic acids is 2. The molecule has 2 aromatic rings. The number of benzene rings is 2. The van der Waals surface area contributed by atoms with Crippen molar-refractivity contribution in [3.8, 4) is 11.8 Å². The van der Waals surface area contributed by atoms with E-state index in [4.69, 9.17) is 26.3 Å². The number of rotatable bonds is 6. The Morgan fingerprint density at radius 2 is 1.96 bits per heavy atom. The van der Waals surface area contributed by atoms with Crippen LogP contribution >= 0.6 is 11.6 Å². The highest BCUT2D eigenvalue weighted by Crippen LogP contribution is 2.20. The quantitative estimate of drug-likeness (QED) is 0.801. The van der Waals surface area contributed by atoms with Crippen molar-refractivity contribution in [1.82, 2.24) is 0 Å². The molecule has 0 radical (unpaired) electrons. The Morgan fingerprint density at radius 1 is 1.24 bits per heavy atom. The highest BCUT2D eigenvalue weighted by Gasteiger charge is 2.18. The number of ether oxygens (including phenoxy) is 2. The second kappa shape index (κ2) is 8.71. The number of nitriles is 1. The normalized spacial score (nSPS) is 11.1. The molecule has 0 bridgehead atoms. The number of amides is 1. The predicted octanol–water partition coefficient (Wildman–Crippen LogP) is 3.16. The van der Waals surface area contributed by atoms with Gasteiger partial charge in [0.2, 0.25) is 0 Å². The van der Waals surface area contributed by atoms with Crippen LogP contribution in [0.2, 0.25) is 5.02 Å². The molecule has 0 aliphatic rings. The number of nitrogens with one attached hydrogen (secondary N) is 1. The molecule has 2 aromatic carbocycles. The summed E-state index contributed by atoms with van der Waals surface area (Å²) in [6.07, 6.45) is -0.865. The molecule has 25 heavy (non-hydrogen) atoms. The minimum atomic E-state index is -0.865. The Morgan fingerprint density at radius 3 is 2.64 bits per heavy atom. The lowest BCUT2D eigenvalue weighted by atomic mass is 10.2. The van der Waals surface area contributed by atoms with Gasteiger partial charge < -0.3 is 14.8 Å². The molecule has 0 saturated carbocycles. The van der Waals surface area contributed by atoms with Crippen LogP contribution in [0.25, 0.3) is 0 Å². The number of hydrogen-bond acceptors (Lipinski definition) is 5. The summed E-state index contributed by atoms with van der Waals surface area (Å²) in [4.78, 5) is 23.8. The molecule has 1 amide bonds. The van der Waals surface area contributed by atoms with E-state index in [1.807, 2.05) is 12.1 Å². The Labute approximate surface area is 149 Å². The fraction of sp³-hybridized carbons (Fsp3) is 0.167. The van der Waals surface area contributed by atoms with Gasteiger partial charge in [-0.05, 0) is 37.3 Å². The van der Waals surface area contributed by atoms with Crippen molar-refractivity contribution in [2.45, 2.75) is 13.0 Å². The van der Waals surface area contributed by atoms with Crippen LogP contribution in [-0.2, 0) is 14.3 Å². The summed E-state index contributed by atoms with van der Waals surface area (Å²) in [5.41, 5.74) is 0.509. The highest BCUT2D eigenvalue weighted by atomic mass is 35.5. The van der Waals surface area contributed by atoms with Crippen LogP contribution < -0.4 is 10.1 Å². The van der Waals surface area contributed by atoms with Crippen molar-refractivity contribution in [2.24, 2.45) is 0 Å². The van der Waals surface area contributed by atoms with Gasteiger partial charge in [0.05, 0.1) is 11.3 Å². The third-order valence-corrected chi connectivity index (χ3v) is 3.34. The van der Waals surface area contributed by atoms with Crippen LogP contribution in [0.4, 0.5) is 5.69 Å². The number of para-hydroxylation sites is 1. The zero-order valence-electron chi connectivity index (χ0n) is 13.4. The maximum absolute atomic E-state index is 11.9. The lowest BCUT2D eigenvalue weighted by Crippen LogP contribution is -2.29. The zero-order chi connectivity index (χ0) is 18.2. The van der Waals surface area contributed by atoms with Gasteiger partial charge in [-0.2, -0.15) is 5.26 Å². The average Bonchev–Trinajstić information content (AvgIpc) is 2.60. The molecule has 0 fully saturated rings. The molecule has 0 spiro atoms. The van der Waals surface area contributed by atoms with Crippen LogP contribution in [0.5, 0.6) is 5.75 Å². The van der Waals surface area contributed by atoms with E-state index in [0.29, 0.717) is 10.8 Å². The first-order chi connectivity index (χ1) is 12.0. The van der Waals surface area contributed by atoms with Gasteiger partial charge in [0.25, 0.3) is 5.91 Å². The maximum Gasteiger partial charge on any atom is 0.347 e. The van der Waals surface area contributed by atoms with Crippen LogP contribution in [0.15, 0.2) is 48.5 Å². The summed E-state index contributed by atoms with van der Waals surface area (Å²) in [7, 11) is 0. The first-order valence-electron chi connectivity index (χ1n) is 7.37. The molecule has 0 aliphatic heterocycles. The summed E-state index contributed by atoms with van der Waals surface area (Å²) in [5, 5.41) is 11.9. The van der Waals surface area contributed by atoms with Gasteiger partial charge >= 0.3 is 5.97 Å². The number of nitrogens with zero attached hydrogens (tertiary/aromatic N) is 1. The SMILES string of the molecule is C[C@@H](Oc1ccccc1)C(=O)OCC(=O)Nc1cc(Cl)ccc1C#N. The first kappa shape index (κ1) is 18.3. The van der Waals surface area contributed by atoms with Crippen molar-refractivity contribution in [3.05, 3.63) is 59.1 Å². The smallest absolute Gasteiger partial charge is 0.347 e. The van der Waals surface area contributed by atoms with Gasteiger partial charge in [0.15, 0.2) is 12.7 Å². The summed E-state index contributed by atoms with van der Waals surface area (Å²) in [5.74, 6) is -0.737. The fourth-order valence-corrected chi connectivity index (χ4v) is 2.08. The van der Waals surface area contributed by atoms with Gasteiger partial charge in [-0.25, -0.2) is 4.79 Å². The summed E-state index contributed by atoms with van der Waals surface area (Å²) in [6, 6.07) is 15.2. The topological polar surface area (TPSA) is 88.4 Å². The molecule has 1 atom stereocenters. The summed E-state index contributed by atoms with van der Waals surface area (Å²) < 4.78 is 10.3. The second-order valence-electron chi connectivity index (χ2n) is 5.03.